The van der Waals surface area contributed by atoms with E-state index in [1.54, 1.807) is 5.57 Å². The highest BCUT2D eigenvalue weighted by atomic mass is 35.5. The Morgan fingerprint density at radius 3 is 2.10 bits per heavy atom. The van der Waals surface area contributed by atoms with Crippen LogP contribution in [0.15, 0.2) is 36.4 Å². The number of benzene rings is 1. The second-order valence-corrected chi connectivity index (χ2v) is 10.6. The number of allylic oxidation sites excluding steroid dienone is 2. The molecule has 160 valence electrons. The van der Waals surface area contributed by atoms with Crippen molar-refractivity contribution in [3.8, 4) is 0 Å². The summed E-state index contributed by atoms with van der Waals surface area (Å²) in [6.45, 7) is 4.02. The fourth-order valence-corrected chi connectivity index (χ4v) is 7.61. The van der Waals surface area contributed by atoms with Crippen LogP contribution in [-0.2, 0) is 0 Å². The van der Waals surface area contributed by atoms with Crippen LogP contribution in [0.3, 0.4) is 0 Å². The molecular formula is C27H40ClN. The van der Waals surface area contributed by atoms with Gasteiger partial charge in [-0.2, -0.15) is 0 Å². The van der Waals surface area contributed by atoms with E-state index in [-0.39, 0.29) is 12.4 Å². The van der Waals surface area contributed by atoms with E-state index >= 15 is 0 Å². The van der Waals surface area contributed by atoms with Gasteiger partial charge in [0, 0.05) is 0 Å². The van der Waals surface area contributed by atoms with E-state index < -0.39 is 0 Å². The minimum absolute atomic E-state index is 0. The van der Waals surface area contributed by atoms with Crippen LogP contribution in [-0.4, -0.2) is 24.5 Å². The molecule has 4 bridgehead atoms. The van der Waals surface area contributed by atoms with E-state index in [9.17, 15) is 0 Å². The molecule has 1 aliphatic heterocycles. The summed E-state index contributed by atoms with van der Waals surface area (Å²) in [4.78, 5) is 2.70. The fourth-order valence-electron chi connectivity index (χ4n) is 7.61. The summed E-state index contributed by atoms with van der Waals surface area (Å²) in [7, 11) is 0. The van der Waals surface area contributed by atoms with Gasteiger partial charge in [-0.05, 0) is 125 Å². The summed E-state index contributed by atoms with van der Waals surface area (Å²) in [5, 5.41) is 0. The average molecular weight is 414 g/mol. The molecule has 1 saturated heterocycles. The fraction of sp³-hybridized carbons (Fsp3) is 0.704. The topological polar surface area (TPSA) is 3.24 Å². The summed E-state index contributed by atoms with van der Waals surface area (Å²) < 4.78 is 0. The van der Waals surface area contributed by atoms with Crippen molar-refractivity contribution in [1.82, 2.24) is 4.90 Å². The maximum Gasteiger partial charge on any atom is -0.00186 e. The molecule has 4 saturated carbocycles. The Labute approximate surface area is 184 Å². The summed E-state index contributed by atoms with van der Waals surface area (Å²) in [6.07, 6.45) is 20.1. The second kappa shape index (κ2) is 9.56. The summed E-state index contributed by atoms with van der Waals surface area (Å²) in [5.74, 6) is 3.08. The number of rotatable bonds is 7. The molecule has 4 aliphatic carbocycles. The minimum atomic E-state index is 0. The van der Waals surface area contributed by atoms with Crippen molar-refractivity contribution in [1.29, 1.82) is 0 Å². The number of halogens is 1. The van der Waals surface area contributed by atoms with Crippen LogP contribution in [0.5, 0.6) is 0 Å². The lowest BCUT2D eigenvalue weighted by Crippen LogP contribution is -2.46. The molecule has 0 N–H and O–H groups in total. The van der Waals surface area contributed by atoms with Crippen LogP contribution in [0.25, 0.3) is 5.57 Å². The maximum atomic E-state index is 2.70. The van der Waals surface area contributed by atoms with E-state index in [1.165, 1.54) is 102 Å². The van der Waals surface area contributed by atoms with Gasteiger partial charge in [-0.3, -0.25) is 0 Å². The zero-order valence-corrected chi connectivity index (χ0v) is 19.0. The third-order valence-electron chi connectivity index (χ3n) is 8.42. The van der Waals surface area contributed by atoms with Crippen LogP contribution >= 0.6 is 12.4 Å². The van der Waals surface area contributed by atoms with Crippen LogP contribution < -0.4 is 0 Å². The standard InChI is InChI=1S/C27H39N.ClH/c1-4-10-25(11-5-1)26(12-6-2-7-13-28-14-8-3-9-15-28)27-19-22-16-23(20-27)18-24(17-22)21-27;/h1,4-5,10-12,22-24H,2-3,6-9,13-21H2;1H/b26-12+;. The van der Waals surface area contributed by atoms with Gasteiger partial charge in [0.2, 0.25) is 0 Å². The molecule has 5 fully saturated rings. The summed E-state index contributed by atoms with van der Waals surface area (Å²) in [5.41, 5.74) is 3.79. The van der Waals surface area contributed by atoms with Gasteiger partial charge >= 0.3 is 0 Å². The third kappa shape index (κ3) is 4.77. The lowest BCUT2D eigenvalue weighted by atomic mass is 9.47. The number of piperidine rings is 1. The number of hydrogen-bond donors (Lipinski definition) is 0. The van der Waals surface area contributed by atoms with Crippen molar-refractivity contribution >= 4 is 18.0 Å². The van der Waals surface area contributed by atoms with Gasteiger partial charge in [-0.1, -0.05) is 42.8 Å². The highest BCUT2D eigenvalue weighted by Crippen LogP contribution is 2.64. The monoisotopic (exact) mass is 413 g/mol. The molecule has 0 spiro atoms. The van der Waals surface area contributed by atoms with Crippen LogP contribution in [0.1, 0.15) is 82.6 Å². The third-order valence-corrected chi connectivity index (χ3v) is 8.42. The molecule has 0 amide bonds. The second-order valence-electron chi connectivity index (χ2n) is 10.6. The molecule has 0 unspecified atom stereocenters. The highest BCUT2D eigenvalue weighted by molar-refractivity contribution is 5.85. The van der Waals surface area contributed by atoms with E-state index in [2.05, 4.69) is 41.3 Å². The van der Waals surface area contributed by atoms with Crippen molar-refractivity contribution in [2.75, 3.05) is 19.6 Å². The quantitative estimate of drug-likeness (QED) is 0.422. The van der Waals surface area contributed by atoms with E-state index in [0.717, 1.165) is 17.8 Å². The Morgan fingerprint density at radius 2 is 1.48 bits per heavy atom. The first-order chi connectivity index (χ1) is 13.8. The van der Waals surface area contributed by atoms with Crippen LogP contribution in [0.2, 0.25) is 0 Å². The predicted molar refractivity (Wildman–Crippen MR) is 126 cm³/mol. The summed E-state index contributed by atoms with van der Waals surface area (Å²) in [6, 6.07) is 11.5. The molecular weight excluding hydrogens is 374 g/mol. The lowest BCUT2D eigenvalue weighted by molar-refractivity contribution is -0.0178. The molecule has 1 aromatic carbocycles. The first kappa shape index (κ1) is 21.4. The zero-order chi connectivity index (χ0) is 18.8. The van der Waals surface area contributed by atoms with E-state index in [1.807, 2.05) is 0 Å². The normalized spacial score (nSPS) is 34.2. The molecule has 6 rings (SSSR count). The Bertz CT molecular complexity index is 638. The molecule has 5 aliphatic rings. The molecule has 1 nitrogen and oxygen atoms in total. The number of nitrogens with zero attached hydrogens (tertiary/aromatic N) is 1. The van der Waals surface area contributed by atoms with Crippen LogP contribution in [0, 0.1) is 23.2 Å². The van der Waals surface area contributed by atoms with Crippen molar-refractivity contribution in [2.45, 2.75) is 77.0 Å². The number of likely N-dealkylation sites (tertiary alicyclic amines) is 1. The smallest absolute Gasteiger partial charge is 0.00186 e. The van der Waals surface area contributed by atoms with Crippen LogP contribution in [0.4, 0.5) is 0 Å². The molecule has 29 heavy (non-hydrogen) atoms. The number of unbranched alkanes of at least 4 members (excludes halogenated alkanes) is 2. The average Bonchev–Trinajstić information content (AvgIpc) is 2.71. The Morgan fingerprint density at radius 1 is 0.862 bits per heavy atom. The Kier molecular flexibility index (Phi) is 7.07. The largest absolute Gasteiger partial charge is 0.303 e. The lowest BCUT2D eigenvalue weighted by Gasteiger charge is -2.58. The van der Waals surface area contributed by atoms with E-state index in [4.69, 9.17) is 0 Å². The molecule has 0 atom stereocenters. The SMILES string of the molecule is C(/CCCCN1CCCCC1)=C(/c1ccccc1)C12CC3CC(CC(C3)C1)C2.Cl. The highest BCUT2D eigenvalue weighted by Gasteiger charge is 2.52. The zero-order valence-electron chi connectivity index (χ0n) is 18.2. The van der Waals surface area contributed by atoms with Gasteiger partial charge in [0.05, 0.1) is 0 Å². The van der Waals surface area contributed by atoms with Crippen molar-refractivity contribution < 1.29 is 0 Å². The van der Waals surface area contributed by atoms with E-state index in [0.29, 0.717) is 5.41 Å². The van der Waals surface area contributed by atoms with Gasteiger partial charge in [0.25, 0.3) is 0 Å². The Balaban J connectivity index is 0.00000205. The van der Waals surface area contributed by atoms with Gasteiger partial charge in [0.1, 0.15) is 0 Å². The number of hydrogen-bond acceptors (Lipinski definition) is 1. The Hall–Kier alpha value is -0.790. The molecule has 1 heterocycles. The van der Waals surface area contributed by atoms with Crippen molar-refractivity contribution in [3.63, 3.8) is 0 Å². The molecule has 2 heteroatoms. The van der Waals surface area contributed by atoms with Gasteiger partial charge in [-0.15, -0.1) is 12.4 Å². The summed E-state index contributed by atoms with van der Waals surface area (Å²) >= 11 is 0. The van der Waals surface area contributed by atoms with Gasteiger partial charge < -0.3 is 4.90 Å². The van der Waals surface area contributed by atoms with Crippen molar-refractivity contribution in [2.24, 2.45) is 23.2 Å². The predicted octanol–water partition coefficient (Wildman–Crippen LogP) is 7.36. The molecule has 0 radical (unpaired) electrons. The first-order valence-electron chi connectivity index (χ1n) is 12.3. The maximum absolute atomic E-state index is 2.70. The molecule has 1 aromatic rings. The minimum Gasteiger partial charge on any atom is -0.303 e. The van der Waals surface area contributed by atoms with Gasteiger partial charge in [-0.25, -0.2) is 0 Å². The molecule has 0 aromatic heterocycles. The first-order valence-corrected chi connectivity index (χ1v) is 12.3. The van der Waals surface area contributed by atoms with Gasteiger partial charge in [0.15, 0.2) is 0 Å². The van der Waals surface area contributed by atoms with Crippen molar-refractivity contribution in [3.05, 3.63) is 42.0 Å².